The lowest BCUT2D eigenvalue weighted by Crippen LogP contribution is -2.33. The Morgan fingerprint density at radius 2 is 2.18 bits per heavy atom. The summed E-state index contributed by atoms with van der Waals surface area (Å²) in [4.78, 5) is 5.63. The molecule has 2 fully saturated rings. The third-order valence-corrected chi connectivity index (χ3v) is 3.54. The molecule has 1 N–H and O–H groups in total. The van der Waals surface area contributed by atoms with Crippen LogP contribution < -0.4 is 5.48 Å². The molecule has 0 aromatic rings. The van der Waals surface area contributed by atoms with Crippen LogP contribution in [-0.2, 0) is 4.84 Å². The van der Waals surface area contributed by atoms with E-state index in [1.807, 2.05) is 11.8 Å². The SMILES string of the molecule is CC1CC2(CCSCC2)ON1. The molecule has 1 unspecified atom stereocenters. The number of hydroxylamine groups is 1. The van der Waals surface area contributed by atoms with Gasteiger partial charge < -0.3 is 0 Å². The molecule has 2 aliphatic rings. The van der Waals surface area contributed by atoms with Gasteiger partial charge in [0.1, 0.15) is 0 Å². The van der Waals surface area contributed by atoms with Crippen LogP contribution in [0.5, 0.6) is 0 Å². The van der Waals surface area contributed by atoms with Gasteiger partial charge in [0.15, 0.2) is 0 Å². The van der Waals surface area contributed by atoms with E-state index in [2.05, 4.69) is 12.4 Å². The molecule has 11 heavy (non-hydrogen) atoms. The average molecular weight is 173 g/mol. The van der Waals surface area contributed by atoms with Crippen molar-refractivity contribution in [2.24, 2.45) is 0 Å². The summed E-state index contributed by atoms with van der Waals surface area (Å²) >= 11 is 2.05. The molecule has 64 valence electrons. The molecule has 2 heterocycles. The molecule has 1 spiro atoms. The fraction of sp³-hybridized carbons (Fsp3) is 1.00. The van der Waals surface area contributed by atoms with Gasteiger partial charge >= 0.3 is 0 Å². The first-order valence-electron chi connectivity index (χ1n) is 4.32. The second-order valence-corrected chi connectivity index (χ2v) is 4.85. The van der Waals surface area contributed by atoms with Crippen LogP contribution in [0.2, 0.25) is 0 Å². The van der Waals surface area contributed by atoms with Gasteiger partial charge in [-0.1, -0.05) is 0 Å². The smallest absolute Gasteiger partial charge is 0.0928 e. The molecule has 0 saturated carbocycles. The number of thioether (sulfide) groups is 1. The predicted octanol–water partition coefficient (Wildman–Crippen LogP) is 1.57. The summed E-state index contributed by atoms with van der Waals surface area (Å²) in [5, 5.41) is 0. The standard InChI is InChI=1S/C8H15NOS/c1-7-6-8(10-9-7)2-4-11-5-3-8/h7,9H,2-6H2,1H3. The van der Waals surface area contributed by atoms with Crippen LogP contribution in [-0.4, -0.2) is 23.1 Å². The van der Waals surface area contributed by atoms with E-state index < -0.39 is 0 Å². The Bertz CT molecular complexity index is 140. The lowest BCUT2D eigenvalue weighted by atomic mass is 9.91. The number of hydrogen-bond acceptors (Lipinski definition) is 3. The van der Waals surface area contributed by atoms with Crippen molar-refractivity contribution in [3.8, 4) is 0 Å². The summed E-state index contributed by atoms with van der Waals surface area (Å²) in [5.41, 5.74) is 3.28. The Morgan fingerprint density at radius 1 is 1.45 bits per heavy atom. The van der Waals surface area contributed by atoms with Crippen LogP contribution in [0.1, 0.15) is 26.2 Å². The van der Waals surface area contributed by atoms with Crippen LogP contribution in [0.4, 0.5) is 0 Å². The molecular weight excluding hydrogens is 158 g/mol. The summed E-state index contributed by atoms with van der Waals surface area (Å²) in [6.45, 7) is 2.19. The van der Waals surface area contributed by atoms with Gasteiger partial charge in [0.25, 0.3) is 0 Å². The fourth-order valence-electron chi connectivity index (χ4n) is 1.92. The first-order chi connectivity index (χ1) is 5.31. The minimum Gasteiger partial charge on any atom is -0.295 e. The third-order valence-electron chi connectivity index (χ3n) is 2.56. The molecule has 0 aromatic heterocycles. The van der Waals surface area contributed by atoms with Gasteiger partial charge in [-0.05, 0) is 37.7 Å². The molecule has 0 bridgehead atoms. The highest BCUT2D eigenvalue weighted by Gasteiger charge is 2.39. The highest BCUT2D eigenvalue weighted by atomic mass is 32.2. The molecule has 0 aromatic carbocycles. The number of rotatable bonds is 0. The predicted molar refractivity (Wildman–Crippen MR) is 47.6 cm³/mol. The van der Waals surface area contributed by atoms with Crippen molar-refractivity contribution in [1.29, 1.82) is 0 Å². The van der Waals surface area contributed by atoms with E-state index in [9.17, 15) is 0 Å². The summed E-state index contributed by atoms with van der Waals surface area (Å²) in [6, 6.07) is 0.554. The maximum atomic E-state index is 5.63. The van der Waals surface area contributed by atoms with Crippen molar-refractivity contribution < 1.29 is 4.84 Å². The Balaban J connectivity index is 1.98. The van der Waals surface area contributed by atoms with E-state index in [1.165, 1.54) is 30.8 Å². The van der Waals surface area contributed by atoms with E-state index >= 15 is 0 Å². The summed E-state index contributed by atoms with van der Waals surface area (Å²) in [5.74, 6) is 2.54. The maximum absolute atomic E-state index is 5.63. The molecule has 2 aliphatic heterocycles. The van der Waals surface area contributed by atoms with Gasteiger partial charge in [-0.3, -0.25) is 4.84 Å². The van der Waals surface area contributed by atoms with Gasteiger partial charge in [-0.25, -0.2) is 0 Å². The van der Waals surface area contributed by atoms with Crippen LogP contribution in [0, 0.1) is 0 Å². The van der Waals surface area contributed by atoms with Crippen molar-refractivity contribution in [3.05, 3.63) is 0 Å². The lowest BCUT2D eigenvalue weighted by molar-refractivity contribution is -0.0600. The zero-order valence-electron chi connectivity index (χ0n) is 6.93. The largest absolute Gasteiger partial charge is 0.295 e. The Labute approximate surface area is 72.0 Å². The summed E-state index contributed by atoms with van der Waals surface area (Å²) < 4.78 is 0. The van der Waals surface area contributed by atoms with E-state index in [4.69, 9.17) is 4.84 Å². The Morgan fingerprint density at radius 3 is 2.73 bits per heavy atom. The highest BCUT2D eigenvalue weighted by Crippen LogP contribution is 2.36. The van der Waals surface area contributed by atoms with Crippen LogP contribution >= 0.6 is 11.8 Å². The van der Waals surface area contributed by atoms with Gasteiger partial charge in [0.2, 0.25) is 0 Å². The molecule has 0 aliphatic carbocycles. The number of hydrogen-bond donors (Lipinski definition) is 1. The fourth-order valence-corrected chi connectivity index (χ4v) is 3.15. The summed E-state index contributed by atoms with van der Waals surface area (Å²) in [6.07, 6.45) is 3.66. The molecule has 2 saturated heterocycles. The van der Waals surface area contributed by atoms with Crippen LogP contribution in [0.15, 0.2) is 0 Å². The van der Waals surface area contributed by atoms with Gasteiger partial charge in [0, 0.05) is 6.04 Å². The third kappa shape index (κ3) is 1.55. The molecule has 2 nitrogen and oxygen atoms in total. The van der Waals surface area contributed by atoms with Crippen molar-refractivity contribution in [3.63, 3.8) is 0 Å². The minimum atomic E-state index is 0.213. The molecule has 3 heteroatoms. The van der Waals surface area contributed by atoms with Crippen molar-refractivity contribution >= 4 is 11.8 Å². The van der Waals surface area contributed by atoms with E-state index in [-0.39, 0.29) is 5.60 Å². The second-order valence-electron chi connectivity index (χ2n) is 3.62. The Hall–Kier alpha value is 0.270. The van der Waals surface area contributed by atoms with E-state index in [1.54, 1.807) is 0 Å². The molecule has 1 atom stereocenters. The van der Waals surface area contributed by atoms with E-state index in [0.29, 0.717) is 6.04 Å². The minimum absolute atomic E-state index is 0.213. The first kappa shape index (κ1) is 7.90. The van der Waals surface area contributed by atoms with Gasteiger partial charge in [-0.15, -0.1) is 0 Å². The number of nitrogens with one attached hydrogen (secondary N) is 1. The maximum Gasteiger partial charge on any atom is 0.0928 e. The molecule has 2 rings (SSSR count). The summed E-state index contributed by atoms with van der Waals surface area (Å²) in [7, 11) is 0. The van der Waals surface area contributed by atoms with Crippen molar-refractivity contribution in [2.75, 3.05) is 11.5 Å². The quantitative estimate of drug-likeness (QED) is 0.601. The molecular formula is C8H15NOS. The van der Waals surface area contributed by atoms with Gasteiger partial charge in [-0.2, -0.15) is 17.2 Å². The van der Waals surface area contributed by atoms with Crippen molar-refractivity contribution in [1.82, 2.24) is 5.48 Å². The molecule has 0 radical (unpaired) electrons. The normalized spacial score (nSPS) is 36.3. The zero-order chi connectivity index (χ0) is 7.73. The topological polar surface area (TPSA) is 21.3 Å². The van der Waals surface area contributed by atoms with Crippen LogP contribution in [0.3, 0.4) is 0 Å². The lowest BCUT2D eigenvalue weighted by Gasteiger charge is -2.30. The van der Waals surface area contributed by atoms with Crippen molar-refractivity contribution in [2.45, 2.75) is 37.8 Å². The monoisotopic (exact) mass is 173 g/mol. The zero-order valence-corrected chi connectivity index (χ0v) is 7.75. The average Bonchev–Trinajstić information content (AvgIpc) is 2.34. The molecule has 0 amide bonds. The van der Waals surface area contributed by atoms with E-state index in [0.717, 1.165) is 0 Å². The van der Waals surface area contributed by atoms with Gasteiger partial charge in [0.05, 0.1) is 5.60 Å². The highest BCUT2D eigenvalue weighted by molar-refractivity contribution is 7.99. The van der Waals surface area contributed by atoms with Crippen LogP contribution in [0.25, 0.3) is 0 Å². The second kappa shape index (κ2) is 2.96. The Kier molecular flexibility index (Phi) is 2.12. The first-order valence-corrected chi connectivity index (χ1v) is 5.48.